The van der Waals surface area contributed by atoms with E-state index in [1.165, 1.54) is 12.1 Å². The summed E-state index contributed by atoms with van der Waals surface area (Å²) in [6.45, 7) is 1.00. The Morgan fingerprint density at radius 3 is 2.65 bits per heavy atom. The fourth-order valence-electron chi connectivity index (χ4n) is 2.25. The molecule has 0 aliphatic heterocycles. The molecule has 3 aromatic rings. The Labute approximate surface area is 132 Å². The molecule has 1 aromatic heterocycles. The lowest BCUT2D eigenvalue weighted by Crippen LogP contribution is -2.27. The highest BCUT2D eigenvalue weighted by Gasteiger charge is 2.07. The molecule has 0 saturated carbocycles. The molecule has 0 saturated heterocycles. The van der Waals surface area contributed by atoms with Crippen molar-refractivity contribution in [3.63, 3.8) is 0 Å². The van der Waals surface area contributed by atoms with Crippen molar-refractivity contribution in [2.75, 3.05) is 6.54 Å². The number of carbonyl (C=O) groups excluding carboxylic acids is 1. The van der Waals surface area contributed by atoms with Gasteiger partial charge in [-0.05, 0) is 35.4 Å². The van der Waals surface area contributed by atoms with Crippen molar-refractivity contribution in [3.8, 4) is 11.1 Å². The fraction of sp³-hybridized carbons (Fsp3) is 0.118. The van der Waals surface area contributed by atoms with Crippen molar-refractivity contribution in [2.24, 2.45) is 0 Å². The van der Waals surface area contributed by atoms with Gasteiger partial charge in [-0.25, -0.2) is 4.39 Å². The zero-order valence-electron chi connectivity index (χ0n) is 12.3. The molecular weight excluding hydrogens is 295 g/mol. The molecule has 0 aliphatic carbocycles. The molecule has 0 aliphatic rings. The summed E-state index contributed by atoms with van der Waals surface area (Å²) in [5, 5.41) is 10.4. The first-order chi connectivity index (χ1) is 11.2. The number of amides is 1. The van der Waals surface area contributed by atoms with E-state index in [1.54, 1.807) is 41.3 Å². The fourth-order valence-corrected chi connectivity index (χ4v) is 2.25. The second-order valence-corrected chi connectivity index (χ2v) is 5.01. The van der Waals surface area contributed by atoms with Crippen LogP contribution in [0.3, 0.4) is 0 Å². The van der Waals surface area contributed by atoms with Gasteiger partial charge in [0, 0.05) is 18.3 Å². The third-order valence-corrected chi connectivity index (χ3v) is 3.38. The van der Waals surface area contributed by atoms with E-state index in [1.807, 2.05) is 12.1 Å². The van der Waals surface area contributed by atoms with Crippen LogP contribution in [0.2, 0.25) is 0 Å². The zero-order chi connectivity index (χ0) is 16.1. The number of benzene rings is 2. The molecule has 0 bridgehead atoms. The number of carbonyl (C=O) groups is 1. The van der Waals surface area contributed by atoms with E-state index in [0.29, 0.717) is 18.7 Å². The van der Waals surface area contributed by atoms with Crippen LogP contribution in [-0.2, 0) is 6.54 Å². The second-order valence-electron chi connectivity index (χ2n) is 5.01. The molecule has 1 amide bonds. The number of nitrogens with zero attached hydrogens (tertiary/aromatic N) is 3. The molecule has 3 rings (SSSR count). The third kappa shape index (κ3) is 3.79. The van der Waals surface area contributed by atoms with E-state index in [0.717, 1.165) is 11.1 Å². The van der Waals surface area contributed by atoms with Gasteiger partial charge in [-0.1, -0.05) is 29.5 Å². The topological polar surface area (TPSA) is 59.8 Å². The summed E-state index contributed by atoms with van der Waals surface area (Å²) in [5.41, 5.74) is 2.07. The summed E-state index contributed by atoms with van der Waals surface area (Å²) in [6, 6.07) is 13.4. The molecule has 1 heterocycles. The maximum Gasteiger partial charge on any atom is 0.251 e. The zero-order valence-corrected chi connectivity index (χ0v) is 12.3. The average molecular weight is 310 g/mol. The van der Waals surface area contributed by atoms with Crippen molar-refractivity contribution in [3.05, 3.63) is 72.3 Å². The molecule has 116 valence electrons. The minimum absolute atomic E-state index is 0.177. The van der Waals surface area contributed by atoms with Gasteiger partial charge in [0.25, 0.3) is 5.91 Å². The summed E-state index contributed by atoms with van der Waals surface area (Å²) < 4.78 is 15.0. The number of hydrogen-bond donors (Lipinski definition) is 1. The summed E-state index contributed by atoms with van der Waals surface area (Å²) in [4.78, 5) is 12.2. The Morgan fingerprint density at radius 1 is 1.13 bits per heavy atom. The highest BCUT2D eigenvalue weighted by Crippen LogP contribution is 2.21. The van der Waals surface area contributed by atoms with E-state index < -0.39 is 0 Å². The Kier molecular flexibility index (Phi) is 4.42. The summed E-state index contributed by atoms with van der Waals surface area (Å²) in [7, 11) is 0. The first kappa shape index (κ1) is 14.9. The first-order valence-corrected chi connectivity index (χ1v) is 7.21. The lowest BCUT2D eigenvalue weighted by Gasteiger charge is -2.07. The number of hydrogen-bond acceptors (Lipinski definition) is 3. The maximum absolute atomic E-state index is 13.3. The van der Waals surface area contributed by atoms with Gasteiger partial charge in [0.05, 0.1) is 12.7 Å². The van der Waals surface area contributed by atoms with Crippen LogP contribution >= 0.6 is 0 Å². The van der Waals surface area contributed by atoms with E-state index in [9.17, 15) is 9.18 Å². The standard InChI is InChI=1S/C17H15FN4O/c18-16-6-2-4-14(12-16)13-3-1-5-15(11-13)17(23)19-7-9-22-10-8-20-21-22/h1-6,8,10-12H,7,9H2,(H,19,23). The normalized spacial score (nSPS) is 10.5. The largest absolute Gasteiger partial charge is 0.350 e. The van der Waals surface area contributed by atoms with Gasteiger partial charge in [-0.2, -0.15) is 0 Å². The van der Waals surface area contributed by atoms with Crippen LogP contribution in [0.5, 0.6) is 0 Å². The van der Waals surface area contributed by atoms with Crippen molar-refractivity contribution in [1.29, 1.82) is 0 Å². The molecule has 0 spiro atoms. The Hall–Kier alpha value is -3.02. The van der Waals surface area contributed by atoms with Gasteiger partial charge in [-0.3, -0.25) is 9.48 Å². The first-order valence-electron chi connectivity index (χ1n) is 7.21. The lowest BCUT2D eigenvalue weighted by atomic mass is 10.0. The third-order valence-electron chi connectivity index (χ3n) is 3.38. The van der Waals surface area contributed by atoms with Gasteiger partial charge in [0.1, 0.15) is 5.82 Å². The molecule has 6 heteroatoms. The molecule has 0 unspecified atom stereocenters. The Balaban J connectivity index is 1.68. The van der Waals surface area contributed by atoms with Crippen molar-refractivity contribution >= 4 is 5.91 Å². The minimum atomic E-state index is -0.301. The van der Waals surface area contributed by atoms with Gasteiger partial charge in [0.15, 0.2) is 0 Å². The quantitative estimate of drug-likeness (QED) is 0.788. The highest BCUT2D eigenvalue weighted by atomic mass is 19.1. The monoisotopic (exact) mass is 310 g/mol. The second kappa shape index (κ2) is 6.83. The number of nitrogens with one attached hydrogen (secondary N) is 1. The van der Waals surface area contributed by atoms with Crippen LogP contribution < -0.4 is 5.32 Å². The minimum Gasteiger partial charge on any atom is -0.350 e. The Morgan fingerprint density at radius 2 is 1.91 bits per heavy atom. The highest BCUT2D eigenvalue weighted by molar-refractivity contribution is 5.95. The molecule has 5 nitrogen and oxygen atoms in total. The van der Waals surface area contributed by atoms with Gasteiger partial charge in [0.2, 0.25) is 0 Å². The van der Waals surface area contributed by atoms with Crippen molar-refractivity contribution in [1.82, 2.24) is 20.3 Å². The van der Waals surface area contributed by atoms with Crippen LogP contribution in [0.25, 0.3) is 11.1 Å². The summed E-state index contributed by atoms with van der Waals surface area (Å²) >= 11 is 0. The molecule has 0 fully saturated rings. The van der Waals surface area contributed by atoms with Gasteiger partial charge >= 0.3 is 0 Å². The molecule has 2 aromatic carbocycles. The number of rotatable bonds is 5. The predicted molar refractivity (Wildman–Crippen MR) is 84.2 cm³/mol. The smallest absolute Gasteiger partial charge is 0.251 e. The lowest BCUT2D eigenvalue weighted by molar-refractivity contribution is 0.0952. The number of halogens is 1. The van der Waals surface area contributed by atoms with Gasteiger partial charge < -0.3 is 5.32 Å². The summed E-state index contributed by atoms with van der Waals surface area (Å²) in [5.74, 6) is -0.478. The molecule has 0 atom stereocenters. The number of aromatic nitrogens is 3. The molecule has 1 N–H and O–H groups in total. The molecular formula is C17H15FN4O. The van der Waals surface area contributed by atoms with Crippen LogP contribution in [0.1, 0.15) is 10.4 Å². The van der Waals surface area contributed by atoms with Crippen molar-refractivity contribution < 1.29 is 9.18 Å². The van der Waals surface area contributed by atoms with Crippen LogP contribution in [-0.4, -0.2) is 27.4 Å². The van der Waals surface area contributed by atoms with E-state index >= 15 is 0 Å². The van der Waals surface area contributed by atoms with Crippen LogP contribution in [0.4, 0.5) is 4.39 Å². The van der Waals surface area contributed by atoms with Gasteiger partial charge in [-0.15, -0.1) is 5.10 Å². The van der Waals surface area contributed by atoms with E-state index in [4.69, 9.17) is 0 Å². The maximum atomic E-state index is 13.3. The molecule has 23 heavy (non-hydrogen) atoms. The Bertz CT molecular complexity index is 802. The SMILES string of the molecule is O=C(NCCn1ccnn1)c1cccc(-c2cccc(F)c2)c1. The van der Waals surface area contributed by atoms with E-state index in [-0.39, 0.29) is 11.7 Å². The van der Waals surface area contributed by atoms with Crippen LogP contribution in [0, 0.1) is 5.82 Å². The average Bonchev–Trinajstić information content (AvgIpc) is 3.08. The van der Waals surface area contributed by atoms with Crippen molar-refractivity contribution in [2.45, 2.75) is 6.54 Å². The van der Waals surface area contributed by atoms with E-state index in [2.05, 4.69) is 15.6 Å². The predicted octanol–water partition coefficient (Wildman–Crippen LogP) is 2.51. The molecule has 0 radical (unpaired) electrons. The summed E-state index contributed by atoms with van der Waals surface area (Å²) in [6.07, 6.45) is 3.32. The van der Waals surface area contributed by atoms with Crippen LogP contribution in [0.15, 0.2) is 60.9 Å².